The van der Waals surface area contributed by atoms with Crippen LogP contribution >= 0.6 is 11.6 Å². The van der Waals surface area contributed by atoms with E-state index >= 15 is 0 Å². The third-order valence-electron chi connectivity index (χ3n) is 6.69. The molecule has 4 aromatic carbocycles. The molecule has 0 spiro atoms. The molecule has 1 N–H and O–H groups in total. The van der Waals surface area contributed by atoms with Gasteiger partial charge < -0.3 is 10.2 Å². The quantitative estimate of drug-likeness (QED) is 0.222. The smallest absolute Gasteiger partial charge is 0.264 e. The fourth-order valence-corrected chi connectivity index (χ4v) is 6.12. The predicted molar refractivity (Wildman–Crippen MR) is 162 cm³/mol. The monoisotopic (exact) mass is 625 g/mol. The van der Waals surface area contributed by atoms with E-state index in [1.54, 1.807) is 13.0 Å². The van der Waals surface area contributed by atoms with Gasteiger partial charge in [-0.3, -0.25) is 13.9 Å². The molecule has 0 bridgehead atoms. The lowest BCUT2D eigenvalue weighted by atomic mass is 10.0. The molecule has 0 aliphatic carbocycles. The Morgan fingerprint density at radius 3 is 2.09 bits per heavy atom. The molecule has 0 radical (unpaired) electrons. The number of nitrogens with one attached hydrogen (secondary N) is 1. The molecular weight excluding hydrogens is 596 g/mol. The fraction of sp³-hybridized carbons (Fsp3) is 0.188. The largest absolute Gasteiger partial charge is 0.355 e. The van der Waals surface area contributed by atoms with E-state index in [0.717, 1.165) is 22.0 Å². The van der Waals surface area contributed by atoms with Gasteiger partial charge in [0.1, 0.15) is 24.2 Å². The van der Waals surface area contributed by atoms with Crippen LogP contribution in [0, 0.1) is 11.6 Å². The molecule has 0 saturated carbocycles. The molecule has 0 saturated heterocycles. The molecule has 224 valence electrons. The molecule has 4 rings (SSSR count). The van der Waals surface area contributed by atoms with Gasteiger partial charge >= 0.3 is 0 Å². The zero-order valence-corrected chi connectivity index (χ0v) is 24.9. The van der Waals surface area contributed by atoms with Gasteiger partial charge in [0.15, 0.2) is 0 Å². The first-order valence-electron chi connectivity index (χ1n) is 13.5. The Kier molecular flexibility index (Phi) is 10.5. The Bertz CT molecular complexity index is 1660. The lowest BCUT2D eigenvalue weighted by Crippen LogP contribution is -2.53. The lowest BCUT2D eigenvalue weighted by Gasteiger charge is -2.33. The van der Waals surface area contributed by atoms with Gasteiger partial charge in [-0.15, -0.1) is 0 Å². The molecule has 0 aliphatic heterocycles. The molecule has 4 aromatic rings. The van der Waals surface area contributed by atoms with Gasteiger partial charge in [0, 0.05) is 19.5 Å². The fourth-order valence-electron chi connectivity index (χ4n) is 4.52. The minimum Gasteiger partial charge on any atom is -0.355 e. The first kappa shape index (κ1) is 31.7. The second-order valence-electron chi connectivity index (χ2n) is 9.67. The average molecular weight is 626 g/mol. The number of anilines is 1. The topological polar surface area (TPSA) is 86.8 Å². The number of hydrogen-bond acceptors (Lipinski definition) is 4. The van der Waals surface area contributed by atoms with E-state index in [9.17, 15) is 26.8 Å². The number of benzene rings is 4. The van der Waals surface area contributed by atoms with E-state index in [4.69, 9.17) is 11.6 Å². The van der Waals surface area contributed by atoms with Crippen LogP contribution in [0.1, 0.15) is 18.1 Å². The van der Waals surface area contributed by atoms with Crippen molar-refractivity contribution in [1.82, 2.24) is 10.2 Å². The summed E-state index contributed by atoms with van der Waals surface area (Å²) in [5.74, 6) is -2.38. The maximum absolute atomic E-state index is 14.2. The van der Waals surface area contributed by atoms with Crippen molar-refractivity contribution in [3.63, 3.8) is 0 Å². The second-order valence-corrected chi connectivity index (χ2v) is 11.9. The number of carbonyl (C=O) groups excluding carboxylic acids is 2. The standard InChI is InChI=1S/C32H30ClF2N3O4S/c1-2-36-32(40)30(19-23-9-5-3-6-10-23)37(21-24-13-15-25(34)16-14-24)31(39)22-38(26-17-18-29(35)28(33)20-26)43(41,42)27-11-7-4-8-12-27/h3-18,20,30H,2,19,21-22H2,1H3,(H,36,40)/t30-/m1/s1. The van der Waals surface area contributed by atoms with E-state index in [0.29, 0.717) is 12.1 Å². The second kappa shape index (κ2) is 14.3. The third kappa shape index (κ3) is 7.97. The van der Waals surface area contributed by atoms with Crippen LogP contribution in [0.2, 0.25) is 5.02 Å². The predicted octanol–water partition coefficient (Wildman–Crippen LogP) is 5.59. The highest BCUT2D eigenvalue weighted by Gasteiger charge is 2.34. The maximum atomic E-state index is 14.2. The summed E-state index contributed by atoms with van der Waals surface area (Å²) in [6, 6.07) is 24.3. The van der Waals surface area contributed by atoms with Gasteiger partial charge in [-0.1, -0.05) is 72.3 Å². The van der Waals surface area contributed by atoms with Gasteiger partial charge in [-0.2, -0.15) is 0 Å². The number of halogens is 3. The van der Waals surface area contributed by atoms with Crippen molar-refractivity contribution >= 4 is 39.1 Å². The highest BCUT2D eigenvalue weighted by Crippen LogP contribution is 2.28. The van der Waals surface area contributed by atoms with Crippen LogP contribution in [0.4, 0.5) is 14.5 Å². The number of rotatable bonds is 12. The molecule has 43 heavy (non-hydrogen) atoms. The maximum Gasteiger partial charge on any atom is 0.264 e. The van der Waals surface area contributed by atoms with Crippen molar-refractivity contribution in [3.05, 3.63) is 131 Å². The zero-order chi connectivity index (χ0) is 31.0. The summed E-state index contributed by atoms with van der Waals surface area (Å²) in [4.78, 5) is 28.8. The Labute approximate surface area is 254 Å². The summed E-state index contributed by atoms with van der Waals surface area (Å²) in [6.45, 7) is 1.20. The van der Waals surface area contributed by atoms with Crippen molar-refractivity contribution in [3.8, 4) is 0 Å². The number of hydrogen-bond donors (Lipinski definition) is 1. The molecule has 2 amide bonds. The summed E-state index contributed by atoms with van der Waals surface area (Å²) in [7, 11) is -4.35. The highest BCUT2D eigenvalue weighted by molar-refractivity contribution is 7.92. The third-order valence-corrected chi connectivity index (χ3v) is 8.77. The molecule has 0 fully saturated rings. The summed E-state index contributed by atoms with van der Waals surface area (Å²) >= 11 is 6.01. The van der Waals surface area contributed by atoms with Gasteiger partial charge in [0.2, 0.25) is 11.8 Å². The summed E-state index contributed by atoms with van der Waals surface area (Å²) in [5.41, 5.74) is 1.26. The Morgan fingerprint density at radius 2 is 1.49 bits per heavy atom. The van der Waals surface area contributed by atoms with Crippen LogP contribution in [0.3, 0.4) is 0 Å². The Hall–Kier alpha value is -4.28. The molecule has 1 atom stereocenters. The first-order chi connectivity index (χ1) is 20.6. The van der Waals surface area contributed by atoms with E-state index < -0.39 is 46.1 Å². The Balaban J connectivity index is 1.80. The van der Waals surface area contributed by atoms with Crippen molar-refractivity contribution < 1.29 is 26.8 Å². The Morgan fingerprint density at radius 1 is 0.860 bits per heavy atom. The normalized spacial score (nSPS) is 11.9. The minimum absolute atomic E-state index is 0.0389. The lowest BCUT2D eigenvalue weighted by molar-refractivity contribution is -0.140. The number of nitrogens with zero attached hydrogens (tertiary/aromatic N) is 2. The van der Waals surface area contributed by atoms with Gasteiger partial charge in [0.05, 0.1) is 15.6 Å². The van der Waals surface area contributed by atoms with Crippen LogP contribution in [0.15, 0.2) is 108 Å². The van der Waals surface area contributed by atoms with Crippen molar-refractivity contribution in [2.75, 3.05) is 17.4 Å². The van der Waals surface area contributed by atoms with Crippen LogP contribution < -0.4 is 9.62 Å². The summed E-state index contributed by atoms with van der Waals surface area (Å²) in [6.07, 6.45) is 0.132. The van der Waals surface area contributed by atoms with Crippen molar-refractivity contribution in [2.45, 2.75) is 30.8 Å². The number of carbonyl (C=O) groups is 2. The van der Waals surface area contributed by atoms with Gasteiger partial charge in [0.25, 0.3) is 10.0 Å². The van der Waals surface area contributed by atoms with E-state index in [2.05, 4.69) is 5.32 Å². The van der Waals surface area contributed by atoms with Crippen LogP contribution in [-0.4, -0.2) is 44.3 Å². The van der Waals surface area contributed by atoms with Crippen LogP contribution in [-0.2, 0) is 32.6 Å². The molecule has 7 nitrogen and oxygen atoms in total. The highest BCUT2D eigenvalue weighted by atomic mass is 35.5. The average Bonchev–Trinajstić information content (AvgIpc) is 3.01. The minimum atomic E-state index is -4.35. The van der Waals surface area contributed by atoms with Crippen LogP contribution in [0.25, 0.3) is 0 Å². The molecule has 0 unspecified atom stereocenters. The molecule has 0 heterocycles. The van der Waals surface area contributed by atoms with Gasteiger partial charge in [-0.05, 0) is 60.5 Å². The van der Waals surface area contributed by atoms with Gasteiger partial charge in [-0.25, -0.2) is 17.2 Å². The molecular formula is C32H30ClF2N3O4S. The van der Waals surface area contributed by atoms with Crippen LogP contribution in [0.5, 0.6) is 0 Å². The van der Waals surface area contributed by atoms with E-state index in [1.807, 2.05) is 30.3 Å². The summed E-state index contributed by atoms with van der Waals surface area (Å²) in [5, 5.41) is 2.44. The summed E-state index contributed by atoms with van der Waals surface area (Å²) < 4.78 is 56.4. The SMILES string of the molecule is CCNC(=O)[C@@H](Cc1ccccc1)N(Cc1ccc(F)cc1)C(=O)CN(c1ccc(F)c(Cl)c1)S(=O)(=O)c1ccccc1. The van der Waals surface area contributed by atoms with Crippen molar-refractivity contribution in [2.24, 2.45) is 0 Å². The number of sulfonamides is 1. The first-order valence-corrected chi connectivity index (χ1v) is 15.3. The zero-order valence-electron chi connectivity index (χ0n) is 23.3. The molecule has 0 aliphatic rings. The van der Waals surface area contributed by atoms with E-state index in [1.165, 1.54) is 59.5 Å². The number of amides is 2. The van der Waals surface area contributed by atoms with Crippen molar-refractivity contribution in [1.29, 1.82) is 0 Å². The molecule has 11 heteroatoms. The molecule has 0 aromatic heterocycles. The number of likely N-dealkylation sites (N-methyl/N-ethyl adjacent to an activating group) is 1. The van der Waals surface area contributed by atoms with E-state index in [-0.39, 0.29) is 28.6 Å².